The molecule has 2 fully saturated rings. The largest absolute Gasteiger partial charge is 0.493 e. The lowest BCUT2D eigenvalue weighted by Gasteiger charge is -2.34. The van der Waals surface area contributed by atoms with E-state index in [1.165, 1.54) is 42.6 Å². The van der Waals surface area contributed by atoms with E-state index in [0.29, 0.717) is 6.04 Å². The molecule has 1 saturated carbocycles. The minimum Gasteiger partial charge on any atom is -0.493 e. The molecule has 0 amide bonds. The third kappa shape index (κ3) is 4.23. The van der Waals surface area contributed by atoms with Gasteiger partial charge in [-0.15, -0.1) is 5.10 Å². The summed E-state index contributed by atoms with van der Waals surface area (Å²) >= 11 is 0. The minimum atomic E-state index is 0.0971. The van der Waals surface area contributed by atoms with Crippen LogP contribution < -0.4 is 19.3 Å². The van der Waals surface area contributed by atoms with Crippen LogP contribution in [0.15, 0.2) is 18.2 Å². The number of hydrogen-bond donors (Lipinski definition) is 2. The Hall–Kier alpha value is -2.19. The van der Waals surface area contributed by atoms with Crippen molar-refractivity contribution in [2.45, 2.75) is 44.2 Å². The van der Waals surface area contributed by atoms with E-state index in [4.69, 9.17) is 9.47 Å². The van der Waals surface area contributed by atoms with Crippen molar-refractivity contribution in [1.82, 2.24) is 20.2 Å². The van der Waals surface area contributed by atoms with E-state index in [-0.39, 0.29) is 6.04 Å². The smallest absolute Gasteiger partial charge is 0.214 e. The molecule has 1 aliphatic carbocycles. The summed E-state index contributed by atoms with van der Waals surface area (Å²) in [4.78, 5) is 3.11. The van der Waals surface area contributed by atoms with E-state index in [1.807, 2.05) is 6.07 Å². The highest BCUT2D eigenvalue weighted by Crippen LogP contribution is 2.33. The third-order valence-corrected chi connectivity index (χ3v) is 6.59. The first-order chi connectivity index (χ1) is 14.2. The molecule has 2 aliphatic rings. The second-order valence-electron chi connectivity index (χ2n) is 8.44. The van der Waals surface area contributed by atoms with Crippen molar-refractivity contribution in [3.63, 3.8) is 0 Å². The Balaban J connectivity index is 1.73. The molecule has 2 heterocycles. The van der Waals surface area contributed by atoms with Gasteiger partial charge in [-0.2, -0.15) is 0 Å². The van der Waals surface area contributed by atoms with Gasteiger partial charge in [-0.05, 0) is 41.5 Å². The number of tetrazole rings is 1. The van der Waals surface area contributed by atoms with Crippen LogP contribution in [0.1, 0.15) is 55.6 Å². The number of benzene rings is 1. The molecule has 8 nitrogen and oxygen atoms in total. The number of ether oxygens (including phenoxy) is 2. The van der Waals surface area contributed by atoms with Crippen LogP contribution in [-0.2, 0) is 0 Å². The zero-order chi connectivity index (χ0) is 20.2. The predicted molar refractivity (Wildman–Crippen MR) is 109 cm³/mol. The Morgan fingerprint density at radius 2 is 1.72 bits per heavy atom. The molecule has 0 bridgehead atoms. The van der Waals surface area contributed by atoms with E-state index in [2.05, 4.69) is 39.4 Å². The first-order valence-corrected chi connectivity index (χ1v) is 10.9. The number of rotatable bonds is 6. The highest BCUT2D eigenvalue weighted by atomic mass is 16.5. The zero-order valence-corrected chi connectivity index (χ0v) is 17.9. The Kier molecular flexibility index (Phi) is 6.30. The van der Waals surface area contributed by atoms with Gasteiger partial charge in [-0.1, -0.05) is 19.3 Å². The summed E-state index contributed by atoms with van der Waals surface area (Å²) in [5.41, 5.74) is 1.18. The molecule has 4 rings (SSSR count). The maximum absolute atomic E-state index is 5.60. The molecule has 29 heavy (non-hydrogen) atoms. The fourth-order valence-electron chi connectivity index (χ4n) is 4.86. The summed E-state index contributed by atoms with van der Waals surface area (Å²) in [6.07, 6.45) is 6.17. The first kappa shape index (κ1) is 20.1. The molecule has 8 heteroatoms. The van der Waals surface area contributed by atoms with Gasteiger partial charge in [0.1, 0.15) is 26.2 Å². The minimum absolute atomic E-state index is 0.0971. The zero-order valence-electron chi connectivity index (χ0n) is 17.9. The standard InChI is InChI=1S/C21H32N6O2/c1-25-11-13-26(14-12-25)20(16-9-10-18(28-2)19(15-16)29-3)21-22-23-24-27(21)17-7-5-4-6-8-17/h9-10,15,17,20H,4-8,11-14H2,1-3H3/p+2/t20-/m1/s1. The molecule has 1 aliphatic heterocycles. The van der Waals surface area contributed by atoms with Gasteiger partial charge in [-0.3, -0.25) is 0 Å². The van der Waals surface area contributed by atoms with Gasteiger partial charge in [0.25, 0.3) is 0 Å². The van der Waals surface area contributed by atoms with Gasteiger partial charge in [0, 0.05) is 5.56 Å². The van der Waals surface area contributed by atoms with Gasteiger partial charge in [0.2, 0.25) is 5.82 Å². The van der Waals surface area contributed by atoms with Crippen LogP contribution in [0.3, 0.4) is 0 Å². The van der Waals surface area contributed by atoms with Gasteiger partial charge < -0.3 is 19.3 Å². The van der Waals surface area contributed by atoms with E-state index >= 15 is 0 Å². The maximum Gasteiger partial charge on any atom is 0.214 e. The Labute approximate surface area is 172 Å². The monoisotopic (exact) mass is 402 g/mol. The van der Waals surface area contributed by atoms with Gasteiger partial charge >= 0.3 is 0 Å². The second-order valence-corrected chi connectivity index (χ2v) is 8.44. The highest BCUT2D eigenvalue weighted by molar-refractivity contribution is 5.44. The lowest BCUT2D eigenvalue weighted by Crippen LogP contribution is -3.27. The van der Waals surface area contributed by atoms with Crippen LogP contribution in [-0.4, -0.2) is 67.7 Å². The van der Waals surface area contributed by atoms with Crippen molar-refractivity contribution < 1.29 is 19.3 Å². The normalized spacial score (nSPS) is 24.2. The summed E-state index contributed by atoms with van der Waals surface area (Å²) in [6.45, 7) is 4.51. The van der Waals surface area contributed by atoms with Crippen molar-refractivity contribution in [2.75, 3.05) is 47.4 Å². The molecule has 0 unspecified atom stereocenters. The molecule has 1 aromatic heterocycles. The van der Waals surface area contributed by atoms with E-state index < -0.39 is 0 Å². The van der Waals surface area contributed by atoms with Crippen LogP contribution in [0, 0.1) is 0 Å². The van der Waals surface area contributed by atoms with Gasteiger partial charge in [-0.25, -0.2) is 4.68 Å². The molecule has 0 radical (unpaired) electrons. The van der Waals surface area contributed by atoms with E-state index in [1.54, 1.807) is 19.1 Å². The number of quaternary nitrogens is 2. The number of nitrogens with one attached hydrogen (secondary N) is 2. The molecule has 158 valence electrons. The number of nitrogens with zero attached hydrogens (tertiary/aromatic N) is 4. The van der Waals surface area contributed by atoms with Crippen molar-refractivity contribution in [1.29, 1.82) is 0 Å². The van der Waals surface area contributed by atoms with Crippen molar-refractivity contribution in [3.05, 3.63) is 29.6 Å². The molecule has 1 aromatic carbocycles. The summed E-state index contributed by atoms with van der Waals surface area (Å²) in [7, 11) is 5.64. The number of piperazine rings is 1. The average Bonchev–Trinajstić information content (AvgIpc) is 3.25. The van der Waals surface area contributed by atoms with E-state index in [0.717, 1.165) is 43.5 Å². The molecule has 2 N–H and O–H groups in total. The van der Waals surface area contributed by atoms with Crippen molar-refractivity contribution in [3.8, 4) is 11.5 Å². The number of likely N-dealkylation sites (N-methyl/N-ethyl adjacent to an activating group) is 1. The molecular weight excluding hydrogens is 368 g/mol. The Morgan fingerprint density at radius 3 is 2.41 bits per heavy atom. The van der Waals surface area contributed by atoms with Gasteiger partial charge in [0.05, 0.1) is 27.3 Å². The molecule has 0 spiro atoms. The van der Waals surface area contributed by atoms with Crippen LogP contribution in [0.2, 0.25) is 0 Å². The quantitative estimate of drug-likeness (QED) is 0.694. The van der Waals surface area contributed by atoms with Crippen LogP contribution in [0.25, 0.3) is 0 Å². The summed E-state index contributed by atoms with van der Waals surface area (Å²) < 4.78 is 13.2. The summed E-state index contributed by atoms with van der Waals surface area (Å²) in [5.74, 6) is 2.49. The Bertz CT molecular complexity index is 796. The fraction of sp³-hybridized carbons (Fsp3) is 0.667. The predicted octanol–water partition coefficient (Wildman–Crippen LogP) is -0.302. The maximum atomic E-state index is 5.60. The highest BCUT2D eigenvalue weighted by Gasteiger charge is 2.36. The van der Waals surface area contributed by atoms with Crippen molar-refractivity contribution >= 4 is 0 Å². The molecular formula is C21H34N6O2+2. The average molecular weight is 403 g/mol. The SMILES string of the molecule is COc1ccc([C@H](c2nnnn2C2CCCCC2)[NH+]2CC[NH+](C)CC2)cc1OC. The van der Waals surface area contributed by atoms with Crippen LogP contribution in [0.4, 0.5) is 0 Å². The fourth-order valence-corrected chi connectivity index (χ4v) is 4.86. The van der Waals surface area contributed by atoms with Crippen molar-refractivity contribution in [2.24, 2.45) is 0 Å². The second kappa shape index (κ2) is 9.09. The van der Waals surface area contributed by atoms with Crippen LogP contribution >= 0.6 is 0 Å². The third-order valence-electron chi connectivity index (χ3n) is 6.59. The molecule has 1 atom stereocenters. The molecule has 1 saturated heterocycles. The number of methoxy groups -OCH3 is 2. The summed E-state index contributed by atoms with van der Waals surface area (Å²) in [5, 5.41) is 13.1. The number of aromatic nitrogens is 4. The van der Waals surface area contributed by atoms with Gasteiger partial charge in [0.15, 0.2) is 17.5 Å². The summed E-state index contributed by atoms with van der Waals surface area (Å²) in [6, 6.07) is 6.75. The molecule has 2 aromatic rings. The lowest BCUT2D eigenvalue weighted by molar-refractivity contribution is -1.02. The first-order valence-electron chi connectivity index (χ1n) is 10.9. The van der Waals surface area contributed by atoms with Crippen LogP contribution in [0.5, 0.6) is 11.5 Å². The topological polar surface area (TPSA) is 70.9 Å². The Morgan fingerprint density at radius 1 is 1.00 bits per heavy atom. The number of hydrogen-bond acceptors (Lipinski definition) is 5. The van der Waals surface area contributed by atoms with E-state index in [9.17, 15) is 0 Å². The lowest BCUT2D eigenvalue weighted by atomic mass is 9.95.